The smallest absolute Gasteiger partial charge is 0.0602 e. The van der Waals surface area contributed by atoms with E-state index in [9.17, 15) is 15.3 Å². The third-order valence-corrected chi connectivity index (χ3v) is 10.2. The summed E-state index contributed by atoms with van der Waals surface area (Å²) in [4.78, 5) is 0. The summed E-state index contributed by atoms with van der Waals surface area (Å²) in [6.07, 6.45) is 7.34. The highest BCUT2D eigenvalue weighted by atomic mass is 16.3. The molecule has 0 spiro atoms. The zero-order valence-electron chi connectivity index (χ0n) is 17.2. The summed E-state index contributed by atoms with van der Waals surface area (Å²) in [7, 11) is 0. The van der Waals surface area contributed by atoms with Crippen molar-refractivity contribution in [2.45, 2.75) is 97.4 Å². The fourth-order valence-corrected chi connectivity index (χ4v) is 8.42. The van der Waals surface area contributed by atoms with Crippen molar-refractivity contribution < 1.29 is 15.3 Å². The maximum absolute atomic E-state index is 11.4. The number of hydrogen-bond donors (Lipinski definition) is 3. The maximum Gasteiger partial charge on any atom is 0.0602 e. The SMILES string of the molecule is CC[C@@H](C)[C@H]1CCC2C3C(C[C@H](O)[C@@]21C)[C@@]1(C)CC[C@@H](O)CC1C[C@H]3O. The first kappa shape index (κ1) is 19.2. The third-order valence-electron chi connectivity index (χ3n) is 10.2. The molecule has 3 heteroatoms. The average molecular weight is 365 g/mol. The van der Waals surface area contributed by atoms with Gasteiger partial charge >= 0.3 is 0 Å². The number of hydrogen-bond acceptors (Lipinski definition) is 3. The summed E-state index contributed by atoms with van der Waals surface area (Å²) < 4.78 is 0. The van der Waals surface area contributed by atoms with Gasteiger partial charge in [-0.2, -0.15) is 0 Å². The Morgan fingerprint density at radius 2 is 1.69 bits per heavy atom. The summed E-state index contributed by atoms with van der Waals surface area (Å²) >= 11 is 0. The summed E-state index contributed by atoms with van der Waals surface area (Å²) in [6, 6.07) is 0. The lowest BCUT2D eigenvalue weighted by Crippen LogP contribution is -2.62. The van der Waals surface area contributed by atoms with Crippen LogP contribution in [0.3, 0.4) is 0 Å². The lowest BCUT2D eigenvalue weighted by atomic mass is 9.43. The molecule has 0 saturated heterocycles. The molecule has 26 heavy (non-hydrogen) atoms. The quantitative estimate of drug-likeness (QED) is 0.694. The summed E-state index contributed by atoms with van der Waals surface area (Å²) in [5, 5.41) is 32.8. The molecule has 4 rings (SSSR count). The van der Waals surface area contributed by atoms with Gasteiger partial charge in [-0.05, 0) is 91.3 Å². The van der Waals surface area contributed by atoms with Gasteiger partial charge in [-0.25, -0.2) is 0 Å². The first-order valence-corrected chi connectivity index (χ1v) is 11.3. The second-order valence-corrected chi connectivity index (χ2v) is 10.9. The molecule has 4 fully saturated rings. The first-order chi connectivity index (χ1) is 12.2. The van der Waals surface area contributed by atoms with Gasteiger partial charge in [0.1, 0.15) is 0 Å². The van der Waals surface area contributed by atoms with Crippen molar-refractivity contribution >= 4 is 0 Å². The maximum atomic E-state index is 11.4. The molecular formula is C23H40O3. The minimum Gasteiger partial charge on any atom is -0.393 e. The van der Waals surface area contributed by atoms with Crippen LogP contribution in [0.4, 0.5) is 0 Å². The molecule has 0 radical (unpaired) electrons. The van der Waals surface area contributed by atoms with E-state index < -0.39 is 0 Å². The van der Waals surface area contributed by atoms with Crippen LogP contribution in [0.1, 0.15) is 79.1 Å². The molecule has 4 aliphatic rings. The Labute approximate surface area is 159 Å². The number of aliphatic hydroxyl groups excluding tert-OH is 3. The Bertz CT molecular complexity index is 536. The Hall–Kier alpha value is -0.120. The lowest BCUT2D eigenvalue weighted by Gasteiger charge is -2.63. The Kier molecular flexibility index (Phi) is 4.77. The molecule has 0 bridgehead atoms. The molecule has 0 aromatic carbocycles. The normalized spacial score (nSPS) is 57.8. The van der Waals surface area contributed by atoms with Crippen molar-refractivity contribution in [2.75, 3.05) is 0 Å². The van der Waals surface area contributed by atoms with E-state index in [4.69, 9.17) is 0 Å². The van der Waals surface area contributed by atoms with Crippen LogP contribution in [0, 0.1) is 46.3 Å². The van der Waals surface area contributed by atoms with Gasteiger partial charge in [0, 0.05) is 0 Å². The van der Waals surface area contributed by atoms with Crippen LogP contribution < -0.4 is 0 Å². The van der Waals surface area contributed by atoms with E-state index in [1.54, 1.807) is 0 Å². The van der Waals surface area contributed by atoms with Gasteiger partial charge in [0.25, 0.3) is 0 Å². The lowest BCUT2D eigenvalue weighted by molar-refractivity contribution is -0.206. The largest absolute Gasteiger partial charge is 0.393 e. The molecule has 3 nitrogen and oxygen atoms in total. The minimum atomic E-state index is -0.254. The van der Waals surface area contributed by atoms with Crippen LogP contribution >= 0.6 is 0 Å². The van der Waals surface area contributed by atoms with Crippen molar-refractivity contribution in [3.05, 3.63) is 0 Å². The van der Waals surface area contributed by atoms with Crippen LogP contribution in [0.2, 0.25) is 0 Å². The number of fused-ring (bicyclic) bond motifs is 5. The van der Waals surface area contributed by atoms with E-state index in [2.05, 4.69) is 27.7 Å². The van der Waals surface area contributed by atoms with Gasteiger partial charge in [0.05, 0.1) is 18.3 Å². The third kappa shape index (κ3) is 2.49. The number of aliphatic hydroxyl groups is 3. The Morgan fingerprint density at radius 1 is 0.962 bits per heavy atom. The first-order valence-electron chi connectivity index (χ1n) is 11.3. The second-order valence-electron chi connectivity index (χ2n) is 10.9. The van der Waals surface area contributed by atoms with Crippen molar-refractivity contribution in [3.63, 3.8) is 0 Å². The van der Waals surface area contributed by atoms with E-state index in [0.29, 0.717) is 35.5 Å². The second kappa shape index (κ2) is 6.46. The van der Waals surface area contributed by atoms with Gasteiger partial charge in [-0.3, -0.25) is 0 Å². The molecule has 0 heterocycles. The zero-order valence-corrected chi connectivity index (χ0v) is 17.2. The van der Waals surface area contributed by atoms with Crippen LogP contribution in [-0.2, 0) is 0 Å². The summed E-state index contributed by atoms with van der Waals surface area (Å²) in [5.41, 5.74) is 0.148. The summed E-state index contributed by atoms with van der Waals surface area (Å²) in [6.45, 7) is 9.37. The van der Waals surface area contributed by atoms with Crippen LogP contribution in [0.5, 0.6) is 0 Å². The fraction of sp³-hybridized carbons (Fsp3) is 1.00. The monoisotopic (exact) mass is 364 g/mol. The highest BCUT2D eigenvalue weighted by Crippen LogP contribution is 2.68. The van der Waals surface area contributed by atoms with E-state index in [1.165, 1.54) is 19.3 Å². The zero-order chi connectivity index (χ0) is 18.9. The molecule has 4 aliphatic carbocycles. The molecule has 0 amide bonds. The Balaban J connectivity index is 1.68. The molecular weight excluding hydrogens is 324 g/mol. The molecule has 4 saturated carbocycles. The Morgan fingerprint density at radius 3 is 2.38 bits per heavy atom. The van der Waals surface area contributed by atoms with E-state index in [1.807, 2.05) is 0 Å². The molecule has 0 aromatic heterocycles. The highest BCUT2D eigenvalue weighted by Gasteiger charge is 2.65. The van der Waals surface area contributed by atoms with Gasteiger partial charge in [-0.1, -0.05) is 34.1 Å². The predicted molar refractivity (Wildman–Crippen MR) is 103 cm³/mol. The van der Waals surface area contributed by atoms with E-state index in [-0.39, 0.29) is 29.1 Å². The van der Waals surface area contributed by atoms with Crippen molar-refractivity contribution in [3.8, 4) is 0 Å². The van der Waals surface area contributed by atoms with Crippen molar-refractivity contribution in [1.29, 1.82) is 0 Å². The standard InChI is InChI=1S/C23H40O3/c1-5-13(2)16-6-7-17-21-18(12-20(26)23(16,17)4)22(3)9-8-15(24)10-14(22)11-19(21)25/h13-21,24-26H,5-12H2,1-4H3/t13-,14?,15-,16-,17?,18?,19-,20+,21?,22+,23-/m1/s1. The van der Waals surface area contributed by atoms with E-state index >= 15 is 0 Å². The molecule has 4 unspecified atom stereocenters. The molecule has 11 atom stereocenters. The van der Waals surface area contributed by atoms with Gasteiger partial charge in [0.15, 0.2) is 0 Å². The number of rotatable bonds is 2. The molecule has 150 valence electrons. The molecule has 3 N–H and O–H groups in total. The van der Waals surface area contributed by atoms with Gasteiger partial charge in [0.2, 0.25) is 0 Å². The van der Waals surface area contributed by atoms with Crippen LogP contribution in [0.25, 0.3) is 0 Å². The van der Waals surface area contributed by atoms with Crippen molar-refractivity contribution in [1.82, 2.24) is 0 Å². The van der Waals surface area contributed by atoms with E-state index in [0.717, 1.165) is 32.1 Å². The van der Waals surface area contributed by atoms with Crippen molar-refractivity contribution in [2.24, 2.45) is 46.3 Å². The van der Waals surface area contributed by atoms with Crippen LogP contribution in [0.15, 0.2) is 0 Å². The molecule has 0 aliphatic heterocycles. The van der Waals surface area contributed by atoms with Gasteiger partial charge in [-0.15, -0.1) is 0 Å². The topological polar surface area (TPSA) is 60.7 Å². The average Bonchev–Trinajstić information content (AvgIpc) is 2.95. The highest BCUT2D eigenvalue weighted by molar-refractivity contribution is 5.14. The fourth-order valence-electron chi connectivity index (χ4n) is 8.42. The van der Waals surface area contributed by atoms with Gasteiger partial charge < -0.3 is 15.3 Å². The molecule has 0 aromatic rings. The predicted octanol–water partition coefficient (Wildman–Crippen LogP) is 3.99. The summed E-state index contributed by atoms with van der Waals surface area (Å²) in [5.74, 6) is 2.84. The minimum absolute atomic E-state index is 0.0328. The van der Waals surface area contributed by atoms with Crippen LogP contribution in [-0.4, -0.2) is 33.6 Å².